The van der Waals surface area contributed by atoms with E-state index in [0.29, 0.717) is 19.0 Å². The van der Waals surface area contributed by atoms with E-state index in [2.05, 4.69) is 24.1 Å². The molecule has 0 fully saturated rings. The summed E-state index contributed by atoms with van der Waals surface area (Å²) in [6.45, 7) is 5.13. The van der Waals surface area contributed by atoms with Crippen molar-refractivity contribution in [3.63, 3.8) is 0 Å². The van der Waals surface area contributed by atoms with Crippen LogP contribution >= 0.6 is 11.3 Å². The molecular weight excluding hydrogens is 322 g/mol. The topological polar surface area (TPSA) is 54.4 Å². The van der Waals surface area contributed by atoms with Gasteiger partial charge in [0.2, 0.25) is 0 Å². The third kappa shape index (κ3) is 5.53. The second-order valence-corrected chi connectivity index (χ2v) is 6.64. The predicted octanol–water partition coefficient (Wildman–Crippen LogP) is 3.07. The minimum absolute atomic E-state index is 0.00198. The molecule has 1 atom stereocenters. The van der Waals surface area contributed by atoms with Gasteiger partial charge in [-0.1, -0.05) is 13.8 Å². The summed E-state index contributed by atoms with van der Waals surface area (Å²) in [6, 6.07) is 3.27. The third-order valence-corrected chi connectivity index (χ3v) is 4.38. The normalized spacial score (nSPS) is 12.6. The van der Waals surface area contributed by atoms with Gasteiger partial charge in [0.1, 0.15) is 18.5 Å². The van der Waals surface area contributed by atoms with Crippen molar-refractivity contribution in [1.82, 2.24) is 10.3 Å². The van der Waals surface area contributed by atoms with Crippen molar-refractivity contribution in [1.29, 1.82) is 0 Å². The lowest BCUT2D eigenvalue weighted by molar-refractivity contribution is 0.106. The lowest BCUT2D eigenvalue weighted by Crippen LogP contribution is -2.31. The van der Waals surface area contributed by atoms with Gasteiger partial charge in [-0.25, -0.2) is 13.8 Å². The van der Waals surface area contributed by atoms with Crippen LogP contribution in [0.1, 0.15) is 29.7 Å². The number of rotatable bonds is 8. The summed E-state index contributed by atoms with van der Waals surface area (Å²) in [5, 5.41) is 14.0. The van der Waals surface area contributed by atoms with Crippen LogP contribution < -0.4 is 10.1 Å². The fraction of sp³-hybridized carbons (Fsp3) is 0.438. The van der Waals surface area contributed by atoms with E-state index in [1.165, 1.54) is 6.07 Å². The summed E-state index contributed by atoms with van der Waals surface area (Å²) in [6.07, 6.45) is 1.08. The van der Waals surface area contributed by atoms with Crippen LogP contribution in [0, 0.1) is 11.6 Å². The molecule has 2 aromatic rings. The van der Waals surface area contributed by atoms with Crippen LogP contribution in [0.25, 0.3) is 0 Å². The van der Waals surface area contributed by atoms with E-state index in [1.807, 2.05) is 6.20 Å². The zero-order valence-electron chi connectivity index (χ0n) is 13.1. The molecule has 0 saturated carbocycles. The molecule has 7 heteroatoms. The largest absolute Gasteiger partial charge is 0.491 e. The number of aromatic nitrogens is 1. The molecule has 0 spiro atoms. The van der Waals surface area contributed by atoms with Crippen LogP contribution in [-0.2, 0) is 6.54 Å². The number of thiazole rings is 1. The number of aliphatic hydroxyl groups excluding tert-OH is 1. The molecule has 23 heavy (non-hydrogen) atoms. The summed E-state index contributed by atoms with van der Waals surface area (Å²) in [5.74, 6) is -1.30. The molecule has 126 valence electrons. The summed E-state index contributed by atoms with van der Waals surface area (Å²) in [7, 11) is 0. The standard InChI is InChI=1S/C16H20F2N2O2S/c1-10(2)16-20-8-13(23-16)7-19-6-11(21)9-22-12-3-4-14(17)15(18)5-12/h3-5,8,10-11,19,21H,6-7,9H2,1-2H3. The Balaban J connectivity index is 1.70. The van der Waals surface area contributed by atoms with Crippen LogP contribution in [0.3, 0.4) is 0 Å². The molecular formula is C16H20F2N2O2S. The lowest BCUT2D eigenvalue weighted by Gasteiger charge is -2.13. The molecule has 1 heterocycles. The highest BCUT2D eigenvalue weighted by molar-refractivity contribution is 7.11. The van der Waals surface area contributed by atoms with Crippen molar-refractivity contribution < 1.29 is 18.6 Å². The van der Waals surface area contributed by atoms with E-state index in [1.54, 1.807) is 11.3 Å². The monoisotopic (exact) mass is 342 g/mol. The SMILES string of the molecule is CC(C)c1ncc(CNCC(O)COc2ccc(F)c(F)c2)s1. The van der Waals surface area contributed by atoms with Crippen LogP contribution in [0.2, 0.25) is 0 Å². The van der Waals surface area contributed by atoms with Gasteiger partial charge in [0.25, 0.3) is 0 Å². The summed E-state index contributed by atoms with van der Waals surface area (Å²) in [4.78, 5) is 5.43. The molecule has 0 aliphatic heterocycles. The van der Waals surface area contributed by atoms with Crippen LogP contribution in [-0.4, -0.2) is 29.3 Å². The first-order valence-corrected chi connectivity index (χ1v) is 8.18. The minimum atomic E-state index is -0.971. The van der Waals surface area contributed by atoms with Gasteiger partial charge in [0.05, 0.1) is 5.01 Å². The molecule has 1 aromatic carbocycles. The number of benzene rings is 1. The first kappa shape index (κ1) is 17.8. The lowest BCUT2D eigenvalue weighted by atomic mass is 10.2. The first-order valence-electron chi connectivity index (χ1n) is 7.37. The van der Waals surface area contributed by atoms with Gasteiger partial charge in [-0.2, -0.15) is 0 Å². The maximum atomic E-state index is 13.0. The van der Waals surface area contributed by atoms with Crippen molar-refractivity contribution in [3.8, 4) is 5.75 Å². The zero-order chi connectivity index (χ0) is 16.8. The van der Waals surface area contributed by atoms with Crippen molar-refractivity contribution in [2.24, 2.45) is 0 Å². The average Bonchev–Trinajstić information content (AvgIpc) is 2.97. The van der Waals surface area contributed by atoms with Gasteiger partial charge < -0.3 is 15.2 Å². The van der Waals surface area contributed by atoms with E-state index in [9.17, 15) is 13.9 Å². The van der Waals surface area contributed by atoms with Gasteiger partial charge in [0, 0.05) is 36.1 Å². The van der Waals surface area contributed by atoms with E-state index in [-0.39, 0.29) is 12.4 Å². The Morgan fingerprint density at radius 3 is 2.74 bits per heavy atom. The Kier molecular flexibility index (Phi) is 6.44. The molecule has 0 bridgehead atoms. The van der Waals surface area contributed by atoms with E-state index in [0.717, 1.165) is 22.0 Å². The van der Waals surface area contributed by atoms with Crippen molar-refractivity contribution in [2.75, 3.05) is 13.2 Å². The molecule has 0 saturated heterocycles. The summed E-state index contributed by atoms with van der Waals surface area (Å²) >= 11 is 1.64. The average molecular weight is 342 g/mol. The fourth-order valence-corrected chi connectivity index (χ4v) is 2.74. The quantitative estimate of drug-likeness (QED) is 0.774. The fourth-order valence-electron chi connectivity index (χ4n) is 1.85. The highest BCUT2D eigenvalue weighted by Gasteiger charge is 2.09. The molecule has 1 unspecified atom stereocenters. The summed E-state index contributed by atoms with van der Waals surface area (Å²) < 4.78 is 31.0. The van der Waals surface area contributed by atoms with Gasteiger partial charge in [-0.3, -0.25) is 0 Å². The number of ether oxygens (including phenoxy) is 1. The molecule has 2 N–H and O–H groups in total. The molecule has 0 radical (unpaired) electrons. The second kappa shape index (κ2) is 8.33. The molecule has 2 rings (SSSR count). The maximum Gasteiger partial charge on any atom is 0.162 e. The number of hydrogen-bond donors (Lipinski definition) is 2. The first-order chi connectivity index (χ1) is 11.0. The number of nitrogens with one attached hydrogen (secondary N) is 1. The predicted molar refractivity (Wildman–Crippen MR) is 85.8 cm³/mol. The van der Waals surface area contributed by atoms with Gasteiger partial charge in [0.15, 0.2) is 11.6 Å². The minimum Gasteiger partial charge on any atom is -0.491 e. The summed E-state index contributed by atoms with van der Waals surface area (Å²) in [5.41, 5.74) is 0. The van der Waals surface area contributed by atoms with Crippen LogP contribution in [0.4, 0.5) is 8.78 Å². The Hall–Kier alpha value is -1.57. The van der Waals surface area contributed by atoms with Crippen molar-refractivity contribution in [2.45, 2.75) is 32.4 Å². The van der Waals surface area contributed by atoms with Gasteiger partial charge in [-0.15, -0.1) is 11.3 Å². The van der Waals surface area contributed by atoms with Crippen molar-refractivity contribution >= 4 is 11.3 Å². The Morgan fingerprint density at radius 2 is 2.09 bits per heavy atom. The van der Waals surface area contributed by atoms with Crippen molar-refractivity contribution in [3.05, 3.63) is 45.9 Å². The van der Waals surface area contributed by atoms with E-state index < -0.39 is 17.7 Å². The van der Waals surface area contributed by atoms with Gasteiger partial charge >= 0.3 is 0 Å². The zero-order valence-corrected chi connectivity index (χ0v) is 13.9. The number of aliphatic hydroxyl groups is 1. The molecule has 0 amide bonds. The Labute approximate surface area is 138 Å². The van der Waals surface area contributed by atoms with Gasteiger partial charge in [-0.05, 0) is 12.1 Å². The third-order valence-electron chi connectivity index (χ3n) is 3.08. The Bertz CT molecular complexity index is 634. The van der Waals surface area contributed by atoms with E-state index >= 15 is 0 Å². The molecule has 0 aliphatic rings. The smallest absolute Gasteiger partial charge is 0.162 e. The maximum absolute atomic E-state index is 13.0. The number of hydrogen-bond acceptors (Lipinski definition) is 5. The second-order valence-electron chi connectivity index (χ2n) is 5.49. The van der Waals surface area contributed by atoms with E-state index in [4.69, 9.17) is 4.74 Å². The molecule has 4 nitrogen and oxygen atoms in total. The highest BCUT2D eigenvalue weighted by Crippen LogP contribution is 2.20. The molecule has 1 aromatic heterocycles. The van der Waals surface area contributed by atoms with Crippen LogP contribution in [0.5, 0.6) is 5.75 Å². The highest BCUT2D eigenvalue weighted by atomic mass is 32.1. The number of nitrogens with zero attached hydrogens (tertiary/aromatic N) is 1. The Morgan fingerprint density at radius 1 is 1.30 bits per heavy atom. The number of halogens is 2. The van der Waals surface area contributed by atoms with Crippen LogP contribution in [0.15, 0.2) is 24.4 Å². The molecule has 0 aliphatic carbocycles.